The molecule has 1 unspecified atom stereocenters. The van der Waals surface area contributed by atoms with Crippen LogP contribution in [0, 0.1) is 6.92 Å². The number of aryl methyl sites for hydroxylation is 1. The Balaban J connectivity index is 2.67. The van der Waals surface area contributed by atoms with Crippen LogP contribution in [0.4, 0.5) is 0 Å². The Kier molecular flexibility index (Phi) is 5.45. The Bertz CT molecular complexity index is 393. The highest BCUT2D eigenvalue weighted by Gasteiger charge is 2.13. The van der Waals surface area contributed by atoms with Crippen LogP contribution >= 0.6 is 11.6 Å². The number of methoxy groups -OCH3 is 1. The van der Waals surface area contributed by atoms with Crippen molar-refractivity contribution in [2.24, 2.45) is 0 Å². The average Bonchev–Trinajstić information content (AvgIpc) is 2.32. The highest BCUT2D eigenvalue weighted by atomic mass is 35.5. The van der Waals surface area contributed by atoms with E-state index in [2.05, 4.69) is 10.1 Å². The summed E-state index contributed by atoms with van der Waals surface area (Å²) in [6, 6.07) is 6.00. The smallest absolute Gasteiger partial charge is 0.307 e. The summed E-state index contributed by atoms with van der Waals surface area (Å²) in [4.78, 5) is 11.2. The van der Waals surface area contributed by atoms with Gasteiger partial charge < -0.3 is 10.1 Å². The van der Waals surface area contributed by atoms with Gasteiger partial charge in [-0.05, 0) is 37.6 Å². The molecule has 1 rings (SSSR count). The zero-order valence-corrected chi connectivity index (χ0v) is 11.2. The van der Waals surface area contributed by atoms with Crippen molar-refractivity contribution in [1.29, 1.82) is 0 Å². The molecule has 1 aromatic rings. The number of carbonyl (C=O) groups excluding carboxylic acids is 1. The van der Waals surface area contributed by atoms with E-state index in [4.69, 9.17) is 11.6 Å². The number of rotatable bonds is 5. The molecule has 1 N–H and O–H groups in total. The van der Waals surface area contributed by atoms with Crippen LogP contribution in [0.2, 0.25) is 5.02 Å². The van der Waals surface area contributed by atoms with E-state index in [1.807, 2.05) is 32.2 Å². The van der Waals surface area contributed by atoms with Gasteiger partial charge in [0, 0.05) is 11.1 Å². The largest absolute Gasteiger partial charge is 0.469 e. The van der Waals surface area contributed by atoms with Crippen molar-refractivity contribution in [3.05, 3.63) is 34.3 Å². The number of nitrogens with one attached hydrogen (secondary N) is 1. The minimum absolute atomic E-state index is 0.0861. The Labute approximate surface area is 107 Å². The summed E-state index contributed by atoms with van der Waals surface area (Å²) >= 11 is 5.97. The lowest BCUT2D eigenvalue weighted by Gasteiger charge is -2.15. The summed E-state index contributed by atoms with van der Waals surface area (Å²) in [5.74, 6) is -0.199. The number of ether oxygens (including phenoxy) is 1. The van der Waals surface area contributed by atoms with Gasteiger partial charge in [0.1, 0.15) is 0 Å². The highest BCUT2D eigenvalue weighted by Crippen LogP contribution is 2.17. The van der Waals surface area contributed by atoms with Gasteiger partial charge in [0.25, 0.3) is 0 Å². The molecule has 94 valence electrons. The first kappa shape index (κ1) is 14.0. The monoisotopic (exact) mass is 255 g/mol. The Morgan fingerprint density at radius 2 is 2.24 bits per heavy atom. The molecule has 0 aliphatic rings. The molecule has 0 spiro atoms. The zero-order valence-electron chi connectivity index (χ0n) is 10.4. The lowest BCUT2D eigenvalue weighted by atomic mass is 10.0. The van der Waals surface area contributed by atoms with E-state index in [0.29, 0.717) is 6.42 Å². The molecule has 1 aromatic carbocycles. The number of halogens is 1. The van der Waals surface area contributed by atoms with E-state index in [0.717, 1.165) is 22.6 Å². The molecule has 1 atom stereocenters. The number of hydrogen-bond donors (Lipinski definition) is 1. The number of carbonyl (C=O) groups is 1. The Morgan fingerprint density at radius 1 is 1.53 bits per heavy atom. The predicted molar refractivity (Wildman–Crippen MR) is 69.4 cm³/mol. The molecule has 0 bridgehead atoms. The van der Waals surface area contributed by atoms with Crippen molar-refractivity contribution in [2.75, 3.05) is 14.2 Å². The van der Waals surface area contributed by atoms with E-state index >= 15 is 0 Å². The van der Waals surface area contributed by atoms with Gasteiger partial charge in [-0.25, -0.2) is 0 Å². The topological polar surface area (TPSA) is 38.3 Å². The van der Waals surface area contributed by atoms with Crippen LogP contribution in [0.25, 0.3) is 0 Å². The van der Waals surface area contributed by atoms with Crippen molar-refractivity contribution in [1.82, 2.24) is 5.32 Å². The molecule has 0 saturated carbocycles. The fourth-order valence-electron chi connectivity index (χ4n) is 1.68. The second-order valence-corrected chi connectivity index (χ2v) is 4.46. The molecule has 4 heteroatoms. The fourth-order valence-corrected chi connectivity index (χ4v) is 1.80. The van der Waals surface area contributed by atoms with Crippen LogP contribution in [0.15, 0.2) is 18.2 Å². The van der Waals surface area contributed by atoms with Crippen molar-refractivity contribution in [3.8, 4) is 0 Å². The number of esters is 1. The van der Waals surface area contributed by atoms with Gasteiger partial charge in [-0.3, -0.25) is 4.79 Å². The van der Waals surface area contributed by atoms with E-state index < -0.39 is 0 Å². The maximum atomic E-state index is 11.2. The van der Waals surface area contributed by atoms with Crippen molar-refractivity contribution < 1.29 is 9.53 Å². The fraction of sp³-hybridized carbons (Fsp3) is 0.462. The quantitative estimate of drug-likeness (QED) is 0.821. The summed E-state index contributed by atoms with van der Waals surface area (Å²) < 4.78 is 4.66. The molecule has 0 aliphatic carbocycles. The van der Waals surface area contributed by atoms with Gasteiger partial charge in [-0.15, -0.1) is 0 Å². The number of hydrogen-bond acceptors (Lipinski definition) is 3. The van der Waals surface area contributed by atoms with Crippen LogP contribution < -0.4 is 5.32 Å². The maximum Gasteiger partial charge on any atom is 0.307 e. The third-order valence-corrected chi connectivity index (χ3v) is 3.18. The predicted octanol–water partition coefficient (Wildman–Crippen LogP) is 2.34. The summed E-state index contributed by atoms with van der Waals surface area (Å²) in [5.41, 5.74) is 2.22. The first-order chi connectivity index (χ1) is 8.06. The number of likely N-dealkylation sites (N-methyl/N-ethyl adjacent to an activating group) is 1. The lowest BCUT2D eigenvalue weighted by Crippen LogP contribution is -2.30. The standard InChI is InChI=1S/C13H18ClNO2/c1-9-6-10(4-5-12(9)14)7-11(15-2)8-13(16)17-3/h4-6,11,15H,7-8H2,1-3H3. The minimum Gasteiger partial charge on any atom is -0.469 e. The molecular weight excluding hydrogens is 238 g/mol. The average molecular weight is 256 g/mol. The van der Waals surface area contributed by atoms with Crippen molar-refractivity contribution >= 4 is 17.6 Å². The van der Waals surface area contributed by atoms with Crippen LogP contribution in [0.5, 0.6) is 0 Å². The third-order valence-electron chi connectivity index (χ3n) is 2.75. The van der Waals surface area contributed by atoms with Gasteiger partial charge in [0.15, 0.2) is 0 Å². The van der Waals surface area contributed by atoms with Gasteiger partial charge in [0.2, 0.25) is 0 Å². The Morgan fingerprint density at radius 3 is 2.76 bits per heavy atom. The van der Waals surface area contributed by atoms with Gasteiger partial charge >= 0.3 is 5.97 Å². The highest BCUT2D eigenvalue weighted by molar-refractivity contribution is 6.31. The third kappa shape index (κ3) is 4.36. The first-order valence-electron chi connectivity index (χ1n) is 5.56. The molecule has 0 heterocycles. The molecule has 0 aliphatic heterocycles. The molecule has 17 heavy (non-hydrogen) atoms. The summed E-state index contributed by atoms with van der Waals surface area (Å²) in [5, 5.41) is 3.88. The first-order valence-corrected chi connectivity index (χ1v) is 5.93. The molecular formula is C13H18ClNO2. The zero-order chi connectivity index (χ0) is 12.8. The lowest BCUT2D eigenvalue weighted by molar-refractivity contribution is -0.141. The van der Waals surface area contributed by atoms with Crippen molar-refractivity contribution in [2.45, 2.75) is 25.8 Å². The van der Waals surface area contributed by atoms with Crippen molar-refractivity contribution in [3.63, 3.8) is 0 Å². The van der Waals surface area contributed by atoms with Crippen LogP contribution in [-0.4, -0.2) is 26.2 Å². The molecule has 0 radical (unpaired) electrons. The normalized spacial score (nSPS) is 12.2. The number of benzene rings is 1. The van der Waals surface area contributed by atoms with E-state index in [-0.39, 0.29) is 12.0 Å². The van der Waals surface area contributed by atoms with Gasteiger partial charge in [-0.1, -0.05) is 23.7 Å². The van der Waals surface area contributed by atoms with Crippen LogP contribution in [0.3, 0.4) is 0 Å². The van der Waals surface area contributed by atoms with Gasteiger partial charge in [0.05, 0.1) is 13.5 Å². The van der Waals surface area contributed by atoms with Crippen LogP contribution in [-0.2, 0) is 16.0 Å². The summed E-state index contributed by atoms with van der Waals surface area (Å²) in [6.07, 6.45) is 1.15. The second-order valence-electron chi connectivity index (χ2n) is 4.05. The summed E-state index contributed by atoms with van der Waals surface area (Å²) in [7, 11) is 3.25. The van der Waals surface area contributed by atoms with E-state index in [1.54, 1.807) is 0 Å². The Hall–Kier alpha value is -1.06. The van der Waals surface area contributed by atoms with E-state index in [9.17, 15) is 4.79 Å². The molecule has 0 fully saturated rings. The molecule has 3 nitrogen and oxygen atoms in total. The summed E-state index contributed by atoms with van der Waals surface area (Å²) in [6.45, 7) is 1.97. The molecule has 0 amide bonds. The van der Waals surface area contributed by atoms with Crippen LogP contribution in [0.1, 0.15) is 17.5 Å². The van der Waals surface area contributed by atoms with Gasteiger partial charge in [-0.2, -0.15) is 0 Å². The minimum atomic E-state index is -0.199. The molecule has 0 aromatic heterocycles. The SMILES string of the molecule is CNC(CC(=O)OC)Cc1ccc(Cl)c(C)c1. The second kappa shape index (κ2) is 6.62. The molecule has 0 saturated heterocycles. The van der Waals surface area contributed by atoms with E-state index in [1.165, 1.54) is 7.11 Å². The maximum absolute atomic E-state index is 11.2.